The maximum absolute atomic E-state index is 13.5. The van der Waals surface area contributed by atoms with E-state index in [-0.39, 0.29) is 36.0 Å². The summed E-state index contributed by atoms with van der Waals surface area (Å²) in [6.45, 7) is 2.40. The van der Waals surface area contributed by atoms with Crippen LogP contribution in [0.5, 0.6) is 5.75 Å². The van der Waals surface area contributed by atoms with E-state index in [4.69, 9.17) is 15.2 Å². The average Bonchev–Trinajstić information content (AvgIpc) is 3.45. The number of primary amides is 1. The number of rotatable bonds is 12. The van der Waals surface area contributed by atoms with Gasteiger partial charge in [-0.25, -0.2) is 4.68 Å². The minimum atomic E-state index is -0.803. The number of aryl methyl sites for hydroxylation is 1. The Kier molecular flexibility index (Phi) is 10.0. The van der Waals surface area contributed by atoms with Gasteiger partial charge in [0.1, 0.15) is 24.6 Å². The zero-order valence-electron chi connectivity index (χ0n) is 24.7. The second-order valence-electron chi connectivity index (χ2n) is 11.0. The van der Waals surface area contributed by atoms with E-state index in [1.54, 1.807) is 12.1 Å². The summed E-state index contributed by atoms with van der Waals surface area (Å²) in [7, 11) is 0. The van der Waals surface area contributed by atoms with Crippen LogP contribution in [-0.2, 0) is 29.3 Å². The van der Waals surface area contributed by atoms with Crippen molar-refractivity contribution in [1.29, 1.82) is 0 Å². The summed E-state index contributed by atoms with van der Waals surface area (Å²) in [6.07, 6.45) is 3.48. The lowest BCUT2D eigenvalue weighted by molar-refractivity contribution is -0.124. The monoisotopic (exact) mass is 595 g/mol. The molecule has 4 N–H and O–H groups in total. The van der Waals surface area contributed by atoms with Crippen molar-refractivity contribution in [2.45, 2.75) is 64.5 Å². The van der Waals surface area contributed by atoms with E-state index in [0.717, 1.165) is 42.4 Å². The first-order valence-electron chi connectivity index (χ1n) is 14.8. The summed E-state index contributed by atoms with van der Waals surface area (Å²) in [5.41, 5.74) is 8.79. The quantitative estimate of drug-likeness (QED) is 0.216. The minimum absolute atomic E-state index is 0.0185. The van der Waals surface area contributed by atoms with Crippen molar-refractivity contribution in [2.24, 2.45) is 5.73 Å². The average molecular weight is 596 g/mol. The molecule has 0 bridgehead atoms. The Morgan fingerprint density at radius 2 is 1.59 bits per heavy atom. The predicted octanol–water partition coefficient (Wildman–Crippen LogP) is 4.77. The Morgan fingerprint density at radius 3 is 2.30 bits per heavy atom. The largest absolute Gasteiger partial charge is 0.487 e. The molecule has 0 unspecified atom stereocenters. The Hall–Kier alpha value is -4.96. The predicted molar refractivity (Wildman–Crippen MR) is 166 cm³/mol. The van der Waals surface area contributed by atoms with Crippen molar-refractivity contribution < 1.29 is 23.9 Å². The number of nitrogens with zero attached hydrogens (tertiary/aromatic N) is 2. The lowest BCUT2D eigenvalue weighted by Crippen LogP contribution is -2.47. The van der Waals surface area contributed by atoms with Crippen LogP contribution in [0.25, 0.3) is 0 Å². The molecule has 1 saturated carbocycles. The molecule has 3 aromatic carbocycles. The van der Waals surface area contributed by atoms with Crippen molar-refractivity contribution in [1.82, 2.24) is 15.1 Å². The molecule has 228 valence electrons. The molecule has 1 aliphatic carbocycles. The van der Waals surface area contributed by atoms with Gasteiger partial charge in [0.05, 0.1) is 24.4 Å². The molecule has 1 heterocycles. The molecule has 10 nitrogen and oxygen atoms in total. The number of ether oxygens (including phenoxy) is 2. The van der Waals surface area contributed by atoms with Gasteiger partial charge in [-0.15, -0.1) is 0 Å². The van der Waals surface area contributed by atoms with E-state index in [1.807, 2.05) is 73.7 Å². The van der Waals surface area contributed by atoms with Gasteiger partial charge in [0.2, 0.25) is 5.91 Å². The van der Waals surface area contributed by atoms with Gasteiger partial charge in [-0.1, -0.05) is 79.6 Å². The number of nitrogens with two attached hydrogens (primary N) is 1. The van der Waals surface area contributed by atoms with Gasteiger partial charge in [0, 0.05) is 6.07 Å². The number of carbonyl (C=O) groups excluding carboxylic acids is 3. The third-order valence-electron chi connectivity index (χ3n) is 7.53. The number of hydrogen-bond donors (Lipinski definition) is 3. The van der Waals surface area contributed by atoms with Crippen LogP contribution >= 0.6 is 0 Å². The molecule has 44 heavy (non-hydrogen) atoms. The minimum Gasteiger partial charge on any atom is -0.487 e. The van der Waals surface area contributed by atoms with Crippen molar-refractivity contribution in [3.8, 4) is 5.75 Å². The summed E-state index contributed by atoms with van der Waals surface area (Å²) >= 11 is 0. The molecule has 0 aliphatic heterocycles. The van der Waals surface area contributed by atoms with Crippen LogP contribution in [0.2, 0.25) is 0 Å². The Balaban J connectivity index is 1.27. The molecule has 1 fully saturated rings. The van der Waals surface area contributed by atoms with Crippen molar-refractivity contribution >= 4 is 23.4 Å². The number of carbonyl (C=O) groups is 3. The zero-order valence-corrected chi connectivity index (χ0v) is 24.7. The highest BCUT2D eigenvalue weighted by Gasteiger charge is 2.28. The van der Waals surface area contributed by atoms with Crippen LogP contribution in [0.15, 0.2) is 84.9 Å². The van der Waals surface area contributed by atoms with Gasteiger partial charge in [0.25, 0.3) is 11.8 Å². The molecule has 0 radical (unpaired) electrons. The molecule has 4 aromatic rings. The van der Waals surface area contributed by atoms with Crippen LogP contribution in [0.1, 0.15) is 63.4 Å². The third-order valence-corrected chi connectivity index (χ3v) is 7.53. The zero-order chi connectivity index (χ0) is 30.9. The highest BCUT2D eigenvalue weighted by molar-refractivity contribution is 6.05. The van der Waals surface area contributed by atoms with E-state index in [0.29, 0.717) is 24.7 Å². The molecule has 5 rings (SSSR count). The van der Waals surface area contributed by atoms with Gasteiger partial charge in [-0.2, -0.15) is 5.10 Å². The van der Waals surface area contributed by atoms with E-state index in [2.05, 4.69) is 15.7 Å². The third kappa shape index (κ3) is 8.11. The first-order chi connectivity index (χ1) is 21.4. The first-order valence-corrected chi connectivity index (χ1v) is 14.8. The second-order valence-corrected chi connectivity index (χ2v) is 11.0. The van der Waals surface area contributed by atoms with Gasteiger partial charge in [-0.3, -0.25) is 14.4 Å². The molecule has 3 amide bonds. The Morgan fingerprint density at radius 1 is 0.909 bits per heavy atom. The fourth-order valence-corrected chi connectivity index (χ4v) is 5.26. The standard InChI is InChI=1S/C34H37N5O5/c1-23-16-17-31(44-22-25-12-6-3-7-13-25)27(18-23)37-34(42)29-19-28(33(35)41)38-39(29)20-32(40)36-26-14-8-9-15-30(26)43-21-24-10-4-2-5-11-24/h2-7,10-13,16-19,26,30H,8-9,14-15,20-22H2,1H3,(H2,35,41)(H,36,40)(H,37,42)/t26-,30-/m0/s1. The van der Waals surface area contributed by atoms with Crippen molar-refractivity contribution in [2.75, 3.05) is 5.32 Å². The number of hydrogen-bond acceptors (Lipinski definition) is 6. The summed E-state index contributed by atoms with van der Waals surface area (Å²) < 4.78 is 13.4. The summed E-state index contributed by atoms with van der Waals surface area (Å²) in [6, 6.07) is 26.2. The Labute approximate surface area is 256 Å². The lowest BCUT2D eigenvalue weighted by atomic mass is 9.92. The van der Waals surface area contributed by atoms with Crippen LogP contribution in [-0.4, -0.2) is 39.6 Å². The number of anilines is 1. The maximum atomic E-state index is 13.5. The molecule has 1 aromatic heterocycles. The van der Waals surface area contributed by atoms with Gasteiger partial charge in [0.15, 0.2) is 5.69 Å². The summed E-state index contributed by atoms with van der Waals surface area (Å²) in [5, 5.41) is 10.1. The fraction of sp³-hybridized carbons (Fsp3) is 0.294. The lowest BCUT2D eigenvalue weighted by Gasteiger charge is -2.32. The molecule has 0 spiro atoms. The molecule has 1 aliphatic rings. The first kappa shape index (κ1) is 30.5. The van der Waals surface area contributed by atoms with Crippen LogP contribution in [0.4, 0.5) is 5.69 Å². The number of nitrogens with one attached hydrogen (secondary N) is 2. The van der Waals surface area contributed by atoms with Crippen LogP contribution < -0.4 is 21.1 Å². The van der Waals surface area contributed by atoms with Gasteiger partial charge < -0.3 is 25.8 Å². The smallest absolute Gasteiger partial charge is 0.274 e. The summed E-state index contributed by atoms with van der Waals surface area (Å²) in [5.74, 6) is -1.23. The normalized spacial score (nSPS) is 16.2. The van der Waals surface area contributed by atoms with E-state index in [9.17, 15) is 14.4 Å². The second kappa shape index (κ2) is 14.5. The fourth-order valence-electron chi connectivity index (χ4n) is 5.26. The molecular formula is C34H37N5O5. The number of aromatic nitrogens is 2. The number of benzene rings is 3. The maximum Gasteiger partial charge on any atom is 0.274 e. The van der Waals surface area contributed by atoms with Crippen LogP contribution in [0, 0.1) is 6.92 Å². The molecule has 0 saturated heterocycles. The Bertz CT molecular complexity index is 1590. The van der Waals surface area contributed by atoms with Gasteiger partial charge >= 0.3 is 0 Å². The highest BCUT2D eigenvalue weighted by atomic mass is 16.5. The molecular weight excluding hydrogens is 558 g/mol. The van der Waals surface area contributed by atoms with Crippen LogP contribution in [0.3, 0.4) is 0 Å². The summed E-state index contributed by atoms with van der Waals surface area (Å²) in [4.78, 5) is 38.7. The van der Waals surface area contributed by atoms with Gasteiger partial charge in [-0.05, 0) is 48.6 Å². The SMILES string of the molecule is Cc1ccc(OCc2ccccc2)c(NC(=O)c2cc(C(N)=O)nn2CC(=O)N[C@H]2CCCC[C@@H]2OCc2ccccc2)c1. The molecule has 2 atom stereocenters. The van der Waals surface area contributed by atoms with Crippen molar-refractivity contribution in [3.05, 3.63) is 113 Å². The topological polar surface area (TPSA) is 138 Å². The number of amides is 3. The van der Waals surface area contributed by atoms with Crippen molar-refractivity contribution in [3.63, 3.8) is 0 Å². The van der Waals surface area contributed by atoms with E-state index >= 15 is 0 Å². The molecule has 10 heteroatoms. The van der Waals surface area contributed by atoms with E-state index < -0.39 is 11.8 Å². The highest BCUT2D eigenvalue weighted by Crippen LogP contribution is 2.28. The van der Waals surface area contributed by atoms with E-state index in [1.165, 1.54) is 10.7 Å².